The quantitative estimate of drug-likeness (QED) is 0.808. The highest BCUT2D eigenvalue weighted by Gasteiger charge is 2.29. The smallest absolute Gasteiger partial charge is 0.294 e. The molecule has 0 N–H and O–H groups in total. The van der Waals surface area contributed by atoms with E-state index in [1.165, 1.54) is 19.2 Å². The number of benzene rings is 1. The lowest BCUT2D eigenvalue weighted by atomic mass is 10.1. The van der Waals surface area contributed by atoms with Crippen LogP contribution in [0.15, 0.2) is 24.3 Å². The average Bonchev–Trinajstić information content (AvgIpc) is 2.17. The summed E-state index contributed by atoms with van der Waals surface area (Å²) in [6.45, 7) is 0. The Labute approximate surface area is 87.7 Å². The summed E-state index contributed by atoms with van der Waals surface area (Å²) in [5, 5.41) is 0. The summed E-state index contributed by atoms with van der Waals surface area (Å²) in [6, 6.07) is 4.50. The van der Waals surface area contributed by atoms with Crippen LogP contribution in [0.1, 0.15) is 11.1 Å². The lowest BCUT2D eigenvalue weighted by Gasteiger charge is -2.06. The van der Waals surface area contributed by atoms with Gasteiger partial charge in [0.1, 0.15) is 0 Å². The Kier molecular flexibility index (Phi) is 3.87. The minimum absolute atomic E-state index is 0.0919. The van der Waals surface area contributed by atoms with E-state index in [1.54, 1.807) is 0 Å². The van der Waals surface area contributed by atoms with Crippen LogP contribution in [0.25, 0.3) is 0 Å². The highest BCUT2D eigenvalue weighted by atomic mass is 32.2. The fourth-order valence-corrected chi connectivity index (χ4v) is 1.57. The first-order valence-corrected chi connectivity index (χ1v) is 5.27. The van der Waals surface area contributed by atoms with E-state index in [4.69, 9.17) is 0 Å². The molecule has 6 heteroatoms. The molecule has 0 aliphatic rings. The van der Waals surface area contributed by atoms with Crippen molar-refractivity contribution in [1.29, 1.82) is 0 Å². The zero-order valence-electron chi connectivity index (χ0n) is 7.88. The first-order chi connectivity index (χ1) is 6.93. The lowest BCUT2D eigenvalue weighted by molar-refractivity contribution is -0.137. The van der Waals surface area contributed by atoms with Gasteiger partial charge in [-0.1, -0.05) is 12.1 Å². The van der Waals surface area contributed by atoms with E-state index in [1.807, 2.05) is 0 Å². The van der Waals surface area contributed by atoms with E-state index >= 15 is 0 Å². The fraction of sp³-hybridized carbons (Fsp3) is 0.333. The van der Waals surface area contributed by atoms with Crippen LogP contribution in [0.5, 0.6) is 0 Å². The maximum atomic E-state index is 12.2. The van der Waals surface area contributed by atoms with Crippen LogP contribution < -0.4 is 0 Å². The Balaban J connectivity index is 2.77. The second-order valence-corrected chi connectivity index (χ2v) is 4.04. The number of hydrogen-bond donors (Lipinski definition) is 0. The highest BCUT2D eigenvalue weighted by Crippen LogP contribution is 2.29. The van der Waals surface area contributed by atoms with Crippen LogP contribution in [-0.2, 0) is 27.2 Å². The molecule has 0 aromatic heterocycles. The topological polar surface area (TPSA) is 26.3 Å². The summed E-state index contributed by atoms with van der Waals surface area (Å²) < 4.78 is 51.9. The number of alkyl halides is 3. The van der Waals surface area contributed by atoms with Gasteiger partial charge in [-0.3, -0.25) is 4.18 Å². The zero-order valence-corrected chi connectivity index (χ0v) is 8.69. The van der Waals surface area contributed by atoms with Crippen molar-refractivity contribution < 1.29 is 21.6 Å². The first-order valence-electron chi connectivity index (χ1n) is 4.02. The van der Waals surface area contributed by atoms with E-state index in [0.29, 0.717) is 5.56 Å². The SMILES string of the molecule is COS(=O)Cc1ccc(C(F)(F)F)cc1. The number of rotatable bonds is 3. The molecular formula is C9H9F3O2S. The zero-order chi connectivity index (χ0) is 11.5. The Bertz CT molecular complexity index is 345. The molecule has 84 valence electrons. The van der Waals surface area contributed by atoms with Gasteiger partial charge in [0.15, 0.2) is 11.1 Å². The number of hydrogen-bond acceptors (Lipinski definition) is 2. The van der Waals surface area contributed by atoms with Crippen molar-refractivity contribution in [3.8, 4) is 0 Å². The van der Waals surface area contributed by atoms with Crippen molar-refractivity contribution in [1.82, 2.24) is 0 Å². The molecular weight excluding hydrogens is 229 g/mol. The summed E-state index contributed by atoms with van der Waals surface area (Å²) in [5.41, 5.74) is -0.169. The van der Waals surface area contributed by atoms with Crippen LogP contribution in [0.4, 0.5) is 13.2 Å². The molecule has 0 aliphatic carbocycles. The minimum Gasteiger partial charge on any atom is -0.294 e. The second-order valence-electron chi connectivity index (χ2n) is 2.81. The maximum absolute atomic E-state index is 12.2. The van der Waals surface area contributed by atoms with Gasteiger partial charge in [-0.15, -0.1) is 0 Å². The second kappa shape index (κ2) is 4.76. The molecule has 0 amide bonds. The Hall–Kier alpha value is -0.880. The monoisotopic (exact) mass is 238 g/mol. The van der Waals surface area contributed by atoms with Crippen LogP contribution in [0, 0.1) is 0 Å². The van der Waals surface area contributed by atoms with Crippen LogP contribution in [0.3, 0.4) is 0 Å². The average molecular weight is 238 g/mol. The summed E-state index contributed by atoms with van der Waals surface area (Å²) in [6.07, 6.45) is -4.33. The lowest BCUT2D eigenvalue weighted by Crippen LogP contribution is -2.05. The molecule has 0 bridgehead atoms. The van der Waals surface area contributed by atoms with E-state index < -0.39 is 22.8 Å². The Morgan fingerprint density at radius 2 is 1.80 bits per heavy atom. The minimum atomic E-state index is -4.33. The third-order valence-corrected chi connectivity index (χ3v) is 2.69. The van der Waals surface area contributed by atoms with Gasteiger partial charge in [-0.25, -0.2) is 4.21 Å². The van der Waals surface area contributed by atoms with E-state index in [0.717, 1.165) is 12.1 Å². The first kappa shape index (κ1) is 12.2. The molecule has 0 saturated heterocycles. The summed E-state index contributed by atoms with van der Waals surface area (Å²) in [4.78, 5) is 0. The standard InChI is InChI=1S/C9H9F3O2S/c1-14-15(13)6-7-2-4-8(5-3-7)9(10,11)12/h2-5H,6H2,1H3. The number of halogens is 3. The van der Waals surface area contributed by atoms with Crippen molar-refractivity contribution in [2.24, 2.45) is 0 Å². The Morgan fingerprint density at radius 1 is 1.27 bits per heavy atom. The van der Waals surface area contributed by atoms with Crippen molar-refractivity contribution in [2.75, 3.05) is 7.11 Å². The van der Waals surface area contributed by atoms with Crippen LogP contribution in [0.2, 0.25) is 0 Å². The molecule has 1 unspecified atom stereocenters. The predicted octanol–water partition coefficient (Wildman–Crippen LogP) is 2.52. The third kappa shape index (κ3) is 3.64. The van der Waals surface area contributed by atoms with Gasteiger partial charge < -0.3 is 0 Å². The van der Waals surface area contributed by atoms with Crippen molar-refractivity contribution in [2.45, 2.75) is 11.9 Å². The summed E-state index contributed by atoms with van der Waals surface area (Å²) in [7, 11) is 1.28. The highest BCUT2D eigenvalue weighted by molar-refractivity contribution is 7.79. The molecule has 2 nitrogen and oxygen atoms in total. The molecule has 0 fully saturated rings. The molecule has 0 heterocycles. The van der Waals surface area contributed by atoms with Gasteiger partial charge in [0.05, 0.1) is 18.4 Å². The molecule has 0 radical (unpaired) electrons. The van der Waals surface area contributed by atoms with Gasteiger partial charge in [-0.05, 0) is 17.7 Å². The largest absolute Gasteiger partial charge is 0.416 e. The molecule has 0 spiro atoms. The Morgan fingerprint density at radius 3 is 2.20 bits per heavy atom. The van der Waals surface area contributed by atoms with Gasteiger partial charge in [-0.2, -0.15) is 13.2 Å². The van der Waals surface area contributed by atoms with Gasteiger partial charge in [0.25, 0.3) is 0 Å². The van der Waals surface area contributed by atoms with Crippen LogP contribution >= 0.6 is 0 Å². The van der Waals surface area contributed by atoms with Crippen molar-refractivity contribution in [3.63, 3.8) is 0 Å². The molecule has 1 rings (SSSR count). The molecule has 1 aromatic rings. The fourth-order valence-electron chi connectivity index (χ4n) is 0.985. The molecule has 15 heavy (non-hydrogen) atoms. The molecule has 1 aromatic carbocycles. The normalized spacial score (nSPS) is 13.9. The third-order valence-electron chi connectivity index (χ3n) is 1.75. The predicted molar refractivity (Wildman–Crippen MR) is 50.3 cm³/mol. The van der Waals surface area contributed by atoms with Gasteiger partial charge in [0.2, 0.25) is 0 Å². The maximum Gasteiger partial charge on any atom is 0.416 e. The van der Waals surface area contributed by atoms with E-state index in [2.05, 4.69) is 4.18 Å². The van der Waals surface area contributed by atoms with Crippen molar-refractivity contribution >= 4 is 11.1 Å². The van der Waals surface area contributed by atoms with Crippen molar-refractivity contribution in [3.05, 3.63) is 35.4 Å². The molecule has 0 aliphatic heterocycles. The van der Waals surface area contributed by atoms with E-state index in [-0.39, 0.29) is 5.75 Å². The van der Waals surface area contributed by atoms with Gasteiger partial charge in [0, 0.05) is 0 Å². The van der Waals surface area contributed by atoms with Gasteiger partial charge >= 0.3 is 6.18 Å². The summed E-state index contributed by atoms with van der Waals surface area (Å²) in [5.74, 6) is 0.0919. The van der Waals surface area contributed by atoms with Crippen LogP contribution in [-0.4, -0.2) is 11.3 Å². The summed E-state index contributed by atoms with van der Waals surface area (Å²) >= 11 is -1.49. The van der Waals surface area contributed by atoms with E-state index in [9.17, 15) is 17.4 Å². The molecule has 0 saturated carbocycles. The molecule has 1 atom stereocenters.